The molecule has 0 aliphatic heterocycles. The van der Waals surface area contributed by atoms with Gasteiger partial charge in [-0.25, -0.2) is 4.98 Å². The summed E-state index contributed by atoms with van der Waals surface area (Å²) in [5.74, 6) is 0.950. The first-order chi connectivity index (χ1) is 18.0. The maximum Gasteiger partial charge on any atom is 0.258 e. The van der Waals surface area contributed by atoms with Gasteiger partial charge in [0.15, 0.2) is 11.5 Å². The third kappa shape index (κ3) is 4.47. The van der Waals surface area contributed by atoms with Crippen molar-refractivity contribution in [3.05, 3.63) is 88.3 Å². The Kier molecular flexibility index (Phi) is 6.51. The highest BCUT2D eigenvalue weighted by Crippen LogP contribution is 2.38. The molecule has 3 aromatic heterocycles. The number of carbonyl (C=O) groups is 1. The molecular formula is C28H26N4O5. The first-order valence-electron chi connectivity index (χ1n) is 11.7. The molecule has 5 aromatic rings. The highest BCUT2D eigenvalue weighted by molar-refractivity contribution is 5.96. The predicted molar refractivity (Wildman–Crippen MR) is 141 cm³/mol. The Morgan fingerprint density at radius 2 is 1.70 bits per heavy atom. The summed E-state index contributed by atoms with van der Waals surface area (Å²) in [5, 5.41) is 3.98. The largest absolute Gasteiger partial charge is 0.493 e. The Labute approximate surface area is 212 Å². The summed E-state index contributed by atoms with van der Waals surface area (Å²) in [6.45, 7) is 0.358. The zero-order valence-electron chi connectivity index (χ0n) is 20.7. The Morgan fingerprint density at radius 1 is 0.973 bits per heavy atom. The van der Waals surface area contributed by atoms with Crippen LogP contribution < -0.4 is 25.1 Å². The van der Waals surface area contributed by atoms with Crippen molar-refractivity contribution in [2.24, 2.45) is 0 Å². The lowest BCUT2D eigenvalue weighted by atomic mass is 10.1. The second-order valence-electron chi connectivity index (χ2n) is 8.35. The van der Waals surface area contributed by atoms with Crippen molar-refractivity contribution < 1.29 is 19.0 Å². The minimum absolute atomic E-state index is 0.166. The minimum Gasteiger partial charge on any atom is -0.493 e. The third-order valence-electron chi connectivity index (χ3n) is 6.23. The number of fused-ring (bicyclic) bond motifs is 2. The summed E-state index contributed by atoms with van der Waals surface area (Å²) in [6.07, 6.45) is 2.21. The molecule has 0 fully saturated rings. The smallest absolute Gasteiger partial charge is 0.258 e. The molecule has 0 saturated carbocycles. The molecule has 0 aliphatic rings. The second kappa shape index (κ2) is 10.1. The first-order valence-corrected chi connectivity index (χ1v) is 11.7. The monoisotopic (exact) mass is 498 g/mol. The molecule has 0 aliphatic carbocycles. The summed E-state index contributed by atoms with van der Waals surface area (Å²) in [7, 11) is 4.52. The van der Waals surface area contributed by atoms with E-state index in [9.17, 15) is 9.59 Å². The van der Waals surface area contributed by atoms with E-state index in [2.05, 4.69) is 10.3 Å². The number of amides is 1. The predicted octanol–water partition coefficient (Wildman–Crippen LogP) is 3.84. The van der Waals surface area contributed by atoms with Crippen LogP contribution in [0.2, 0.25) is 0 Å². The van der Waals surface area contributed by atoms with Crippen LogP contribution in [0.15, 0.2) is 71.7 Å². The topological polar surface area (TPSA) is 107 Å². The van der Waals surface area contributed by atoms with E-state index < -0.39 is 0 Å². The lowest BCUT2D eigenvalue weighted by Crippen LogP contribution is -2.26. The summed E-state index contributed by atoms with van der Waals surface area (Å²) in [6, 6.07) is 18.1. The van der Waals surface area contributed by atoms with Crippen LogP contribution in [0, 0.1) is 0 Å². The number of aromatic nitrogens is 3. The third-order valence-corrected chi connectivity index (χ3v) is 6.23. The molecule has 0 saturated heterocycles. The molecule has 0 bridgehead atoms. The highest BCUT2D eigenvalue weighted by Gasteiger charge is 2.19. The van der Waals surface area contributed by atoms with Crippen molar-refractivity contribution in [1.82, 2.24) is 19.7 Å². The van der Waals surface area contributed by atoms with E-state index in [1.807, 2.05) is 30.3 Å². The summed E-state index contributed by atoms with van der Waals surface area (Å²) in [4.78, 5) is 33.9. The van der Waals surface area contributed by atoms with Gasteiger partial charge < -0.3 is 24.5 Å². The van der Waals surface area contributed by atoms with Gasteiger partial charge in [-0.2, -0.15) is 0 Å². The van der Waals surface area contributed by atoms with E-state index in [0.29, 0.717) is 47.1 Å². The van der Waals surface area contributed by atoms with Crippen molar-refractivity contribution in [3.8, 4) is 28.6 Å². The summed E-state index contributed by atoms with van der Waals surface area (Å²) >= 11 is 0. The van der Waals surface area contributed by atoms with Gasteiger partial charge in [-0.3, -0.25) is 14.0 Å². The van der Waals surface area contributed by atoms with Gasteiger partial charge in [0.25, 0.3) is 11.5 Å². The molecule has 5 rings (SSSR count). The van der Waals surface area contributed by atoms with Crippen LogP contribution in [-0.2, 0) is 6.42 Å². The SMILES string of the molecule is COc1cc(C(=O)NCCc2c(-c3cc(=O)n4ccccc4n3)[nH]c3ccccc23)cc(OC)c1OC. The van der Waals surface area contributed by atoms with Crippen molar-refractivity contribution in [2.45, 2.75) is 6.42 Å². The van der Waals surface area contributed by atoms with Crippen molar-refractivity contribution in [1.29, 1.82) is 0 Å². The zero-order valence-corrected chi connectivity index (χ0v) is 20.7. The van der Waals surface area contributed by atoms with Gasteiger partial charge in [-0.1, -0.05) is 24.3 Å². The lowest BCUT2D eigenvalue weighted by molar-refractivity contribution is 0.0953. The number of H-pyrrole nitrogens is 1. The fourth-order valence-corrected chi connectivity index (χ4v) is 4.48. The maximum atomic E-state index is 13.0. The number of nitrogens with one attached hydrogen (secondary N) is 2. The van der Waals surface area contributed by atoms with Gasteiger partial charge in [0.2, 0.25) is 5.75 Å². The number of benzene rings is 2. The molecule has 188 valence electrons. The van der Waals surface area contributed by atoms with Crippen LogP contribution >= 0.6 is 0 Å². The molecule has 0 radical (unpaired) electrons. The van der Waals surface area contributed by atoms with Crippen molar-refractivity contribution in [3.63, 3.8) is 0 Å². The van der Waals surface area contributed by atoms with Crippen molar-refractivity contribution in [2.75, 3.05) is 27.9 Å². The Hall–Kier alpha value is -4.79. The summed E-state index contributed by atoms with van der Waals surface area (Å²) in [5.41, 5.74) is 3.99. The number of carbonyl (C=O) groups excluding carboxylic acids is 1. The van der Waals surface area contributed by atoms with Crippen LogP contribution in [0.4, 0.5) is 0 Å². The van der Waals surface area contributed by atoms with E-state index in [4.69, 9.17) is 19.2 Å². The van der Waals surface area contributed by atoms with Crippen LogP contribution in [0.1, 0.15) is 15.9 Å². The number of nitrogens with zero attached hydrogens (tertiary/aromatic N) is 2. The lowest BCUT2D eigenvalue weighted by Gasteiger charge is -2.14. The molecule has 0 spiro atoms. The van der Waals surface area contributed by atoms with Crippen LogP contribution in [0.5, 0.6) is 17.2 Å². The highest BCUT2D eigenvalue weighted by atomic mass is 16.5. The van der Waals surface area contributed by atoms with Crippen LogP contribution in [0.25, 0.3) is 27.9 Å². The standard InChI is InChI=1S/C28H26N4O5/c1-35-22-14-17(15-23(36-2)27(22)37-3)28(34)29-12-11-19-18-8-4-5-9-20(18)31-26(19)21-16-25(33)32-13-7-6-10-24(32)30-21/h4-10,13-16,31H,11-12H2,1-3H3,(H,29,34). The number of rotatable bonds is 8. The van der Waals surface area contributed by atoms with Gasteiger partial charge in [-0.05, 0) is 42.3 Å². The van der Waals surface area contributed by atoms with Gasteiger partial charge >= 0.3 is 0 Å². The average Bonchev–Trinajstić information content (AvgIpc) is 3.30. The molecule has 0 unspecified atom stereocenters. The van der Waals surface area contributed by atoms with Gasteiger partial charge in [-0.15, -0.1) is 0 Å². The fourth-order valence-electron chi connectivity index (χ4n) is 4.48. The number of hydrogen-bond donors (Lipinski definition) is 2. The molecule has 2 aromatic carbocycles. The molecule has 1 amide bonds. The number of ether oxygens (including phenoxy) is 3. The normalized spacial score (nSPS) is 11.0. The second-order valence-corrected chi connectivity index (χ2v) is 8.35. The average molecular weight is 499 g/mol. The Bertz CT molecular complexity index is 1650. The Morgan fingerprint density at radius 3 is 2.43 bits per heavy atom. The number of hydrogen-bond acceptors (Lipinski definition) is 6. The fraction of sp³-hybridized carbons (Fsp3) is 0.179. The summed E-state index contributed by atoms with van der Waals surface area (Å²) < 4.78 is 17.6. The molecule has 2 N–H and O–H groups in total. The van der Waals surface area contributed by atoms with E-state index >= 15 is 0 Å². The van der Waals surface area contributed by atoms with E-state index in [-0.39, 0.29) is 11.5 Å². The molecule has 9 heteroatoms. The van der Waals surface area contributed by atoms with E-state index in [1.54, 1.807) is 30.5 Å². The molecule has 9 nitrogen and oxygen atoms in total. The molecule has 37 heavy (non-hydrogen) atoms. The minimum atomic E-state index is -0.275. The van der Waals surface area contributed by atoms with Crippen molar-refractivity contribution >= 4 is 22.5 Å². The zero-order chi connectivity index (χ0) is 25.9. The molecule has 3 heterocycles. The van der Waals surface area contributed by atoms with E-state index in [1.165, 1.54) is 31.8 Å². The van der Waals surface area contributed by atoms with Gasteiger partial charge in [0.05, 0.1) is 32.7 Å². The van der Waals surface area contributed by atoms with Gasteiger partial charge in [0, 0.05) is 35.3 Å². The van der Waals surface area contributed by atoms with E-state index in [0.717, 1.165) is 22.2 Å². The van der Waals surface area contributed by atoms with Crippen LogP contribution in [0.3, 0.4) is 0 Å². The number of aromatic amines is 1. The number of methoxy groups -OCH3 is 3. The van der Waals surface area contributed by atoms with Gasteiger partial charge in [0.1, 0.15) is 5.65 Å². The quantitative estimate of drug-likeness (QED) is 0.337. The molecular weight excluding hydrogens is 472 g/mol. The maximum absolute atomic E-state index is 13.0. The first kappa shape index (κ1) is 23.9. The number of para-hydroxylation sites is 1. The number of pyridine rings is 1. The Balaban J connectivity index is 1.44. The van der Waals surface area contributed by atoms with Crippen LogP contribution in [-0.4, -0.2) is 48.1 Å². The molecule has 0 atom stereocenters.